The van der Waals surface area contributed by atoms with Crippen molar-refractivity contribution in [2.75, 3.05) is 7.05 Å². The normalized spacial score (nSPS) is 13.0. The van der Waals surface area contributed by atoms with Crippen LogP contribution in [0.15, 0.2) is 6.33 Å². The molecule has 1 heterocycles. The van der Waals surface area contributed by atoms with Gasteiger partial charge in [0.2, 0.25) is 0 Å². The third-order valence-corrected chi connectivity index (χ3v) is 2.61. The van der Waals surface area contributed by atoms with Gasteiger partial charge in [-0.05, 0) is 19.9 Å². The van der Waals surface area contributed by atoms with Gasteiger partial charge in [0.05, 0.1) is 0 Å². The van der Waals surface area contributed by atoms with Crippen molar-refractivity contribution in [2.45, 2.75) is 52.1 Å². The summed E-state index contributed by atoms with van der Waals surface area (Å²) in [4.78, 5) is 4.32. The highest BCUT2D eigenvalue weighted by Crippen LogP contribution is 2.05. The smallest absolute Gasteiger partial charge is 0.138 e. The minimum atomic E-state index is 0.523. The Kier molecular flexibility index (Phi) is 5.32. The molecule has 4 nitrogen and oxygen atoms in total. The fourth-order valence-electron chi connectivity index (χ4n) is 1.76. The molecule has 0 aromatic carbocycles. The van der Waals surface area contributed by atoms with Crippen LogP contribution in [-0.4, -0.2) is 27.9 Å². The van der Waals surface area contributed by atoms with Crippen molar-refractivity contribution in [3.05, 3.63) is 12.2 Å². The molecule has 0 saturated carbocycles. The first-order valence-corrected chi connectivity index (χ1v) is 5.85. The predicted molar refractivity (Wildman–Crippen MR) is 61.8 cm³/mol. The van der Waals surface area contributed by atoms with Crippen molar-refractivity contribution in [1.82, 2.24) is 20.1 Å². The molecule has 0 aliphatic rings. The van der Waals surface area contributed by atoms with Crippen molar-refractivity contribution in [3.8, 4) is 0 Å². The summed E-state index contributed by atoms with van der Waals surface area (Å²) >= 11 is 0. The highest BCUT2D eigenvalue weighted by molar-refractivity contribution is 4.89. The molecule has 0 aliphatic heterocycles. The standard InChI is InChI=1S/C11H22N4/c1-4-6-10(12-3)8-11-13-9-14-15(11)7-5-2/h9-10,12H,4-8H2,1-3H3. The first kappa shape index (κ1) is 12.2. The molecule has 0 fully saturated rings. The van der Waals surface area contributed by atoms with Gasteiger partial charge in [-0.15, -0.1) is 0 Å². The van der Waals surface area contributed by atoms with Gasteiger partial charge in [-0.1, -0.05) is 20.3 Å². The van der Waals surface area contributed by atoms with E-state index in [1.165, 1.54) is 12.8 Å². The van der Waals surface area contributed by atoms with Gasteiger partial charge in [0.15, 0.2) is 0 Å². The number of aromatic nitrogens is 3. The molecule has 0 radical (unpaired) electrons. The van der Waals surface area contributed by atoms with Crippen molar-refractivity contribution >= 4 is 0 Å². The van der Waals surface area contributed by atoms with Crippen molar-refractivity contribution < 1.29 is 0 Å². The van der Waals surface area contributed by atoms with E-state index in [2.05, 4.69) is 29.2 Å². The summed E-state index contributed by atoms with van der Waals surface area (Å²) in [6.45, 7) is 5.34. The number of aryl methyl sites for hydroxylation is 1. The predicted octanol–water partition coefficient (Wildman–Crippen LogP) is 1.62. The average molecular weight is 210 g/mol. The summed E-state index contributed by atoms with van der Waals surface area (Å²) in [5.41, 5.74) is 0. The Balaban J connectivity index is 2.57. The Labute approximate surface area is 92.1 Å². The summed E-state index contributed by atoms with van der Waals surface area (Å²) in [7, 11) is 2.01. The van der Waals surface area contributed by atoms with Crippen LogP contribution < -0.4 is 5.32 Å². The molecule has 0 spiro atoms. The zero-order valence-corrected chi connectivity index (χ0v) is 10.0. The molecule has 0 amide bonds. The van der Waals surface area contributed by atoms with Crippen LogP contribution in [0.4, 0.5) is 0 Å². The summed E-state index contributed by atoms with van der Waals surface area (Å²) in [5, 5.41) is 7.56. The zero-order valence-electron chi connectivity index (χ0n) is 10.0. The van der Waals surface area contributed by atoms with Crippen LogP contribution in [-0.2, 0) is 13.0 Å². The molecule has 1 aromatic rings. The number of likely N-dealkylation sites (N-methyl/N-ethyl adjacent to an activating group) is 1. The molecule has 1 atom stereocenters. The van der Waals surface area contributed by atoms with E-state index in [4.69, 9.17) is 0 Å². The van der Waals surface area contributed by atoms with Crippen LogP contribution >= 0.6 is 0 Å². The molecule has 1 rings (SSSR count). The molecule has 4 heteroatoms. The van der Waals surface area contributed by atoms with Crippen LogP contribution in [0.1, 0.15) is 38.9 Å². The molecule has 0 bridgehead atoms. The molecule has 0 saturated heterocycles. The number of rotatable bonds is 7. The van der Waals surface area contributed by atoms with E-state index in [1.54, 1.807) is 6.33 Å². The second-order valence-electron chi connectivity index (χ2n) is 3.88. The Bertz CT molecular complexity index is 269. The third-order valence-electron chi connectivity index (χ3n) is 2.61. The SMILES string of the molecule is CCCC(Cc1ncnn1CCC)NC. The second-order valence-corrected chi connectivity index (χ2v) is 3.88. The Morgan fingerprint density at radius 3 is 2.80 bits per heavy atom. The second kappa shape index (κ2) is 6.56. The van der Waals surface area contributed by atoms with Gasteiger partial charge in [-0.2, -0.15) is 5.10 Å². The minimum Gasteiger partial charge on any atom is -0.317 e. The minimum absolute atomic E-state index is 0.523. The number of hydrogen-bond acceptors (Lipinski definition) is 3. The van der Waals surface area contributed by atoms with E-state index >= 15 is 0 Å². The molecule has 1 aromatic heterocycles. The van der Waals surface area contributed by atoms with Gasteiger partial charge in [0.25, 0.3) is 0 Å². The molecule has 1 N–H and O–H groups in total. The third kappa shape index (κ3) is 3.63. The first-order valence-electron chi connectivity index (χ1n) is 5.85. The molecule has 15 heavy (non-hydrogen) atoms. The van der Waals surface area contributed by atoms with Crippen molar-refractivity contribution in [3.63, 3.8) is 0 Å². The van der Waals surface area contributed by atoms with Crippen molar-refractivity contribution in [2.24, 2.45) is 0 Å². The maximum Gasteiger partial charge on any atom is 0.138 e. The quantitative estimate of drug-likeness (QED) is 0.743. The molecular weight excluding hydrogens is 188 g/mol. The molecule has 86 valence electrons. The highest BCUT2D eigenvalue weighted by Gasteiger charge is 2.10. The summed E-state index contributed by atoms with van der Waals surface area (Å²) in [6, 6.07) is 0.523. The van der Waals surface area contributed by atoms with E-state index in [1.807, 2.05) is 11.7 Å². The largest absolute Gasteiger partial charge is 0.317 e. The van der Waals surface area contributed by atoms with Gasteiger partial charge in [-0.3, -0.25) is 4.68 Å². The number of nitrogens with one attached hydrogen (secondary N) is 1. The highest BCUT2D eigenvalue weighted by atomic mass is 15.3. The van der Waals surface area contributed by atoms with Crippen LogP contribution in [0, 0.1) is 0 Å². The number of nitrogens with zero attached hydrogens (tertiary/aromatic N) is 3. The van der Waals surface area contributed by atoms with Crippen LogP contribution in [0.3, 0.4) is 0 Å². The topological polar surface area (TPSA) is 42.7 Å². The van der Waals surface area contributed by atoms with Gasteiger partial charge in [-0.25, -0.2) is 4.98 Å². The lowest BCUT2D eigenvalue weighted by molar-refractivity contribution is 0.477. The monoisotopic (exact) mass is 210 g/mol. The number of hydrogen-bond donors (Lipinski definition) is 1. The molecular formula is C11H22N4. The lowest BCUT2D eigenvalue weighted by Gasteiger charge is -2.14. The van der Waals surface area contributed by atoms with Gasteiger partial charge < -0.3 is 5.32 Å². The first-order chi connectivity index (χ1) is 7.31. The zero-order chi connectivity index (χ0) is 11.1. The van der Waals surface area contributed by atoms with E-state index in [9.17, 15) is 0 Å². The fourth-order valence-corrected chi connectivity index (χ4v) is 1.76. The van der Waals surface area contributed by atoms with E-state index < -0.39 is 0 Å². The lowest BCUT2D eigenvalue weighted by atomic mass is 10.1. The molecule has 1 unspecified atom stereocenters. The Morgan fingerprint density at radius 2 is 2.20 bits per heavy atom. The lowest BCUT2D eigenvalue weighted by Crippen LogP contribution is -2.28. The molecule has 0 aliphatic carbocycles. The van der Waals surface area contributed by atoms with Gasteiger partial charge >= 0.3 is 0 Å². The Morgan fingerprint density at radius 1 is 1.40 bits per heavy atom. The average Bonchev–Trinajstić information content (AvgIpc) is 2.66. The summed E-state index contributed by atoms with van der Waals surface area (Å²) in [5.74, 6) is 1.10. The maximum atomic E-state index is 4.32. The van der Waals surface area contributed by atoms with Crippen LogP contribution in [0.5, 0.6) is 0 Å². The van der Waals surface area contributed by atoms with E-state index in [-0.39, 0.29) is 0 Å². The van der Waals surface area contributed by atoms with Crippen molar-refractivity contribution in [1.29, 1.82) is 0 Å². The van der Waals surface area contributed by atoms with E-state index in [0.717, 1.165) is 25.2 Å². The summed E-state index contributed by atoms with van der Waals surface area (Å²) < 4.78 is 2.01. The van der Waals surface area contributed by atoms with E-state index in [0.29, 0.717) is 6.04 Å². The summed E-state index contributed by atoms with van der Waals surface area (Å²) in [6.07, 6.45) is 6.13. The van der Waals surface area contributed by atoms with Gasteiger partial charge in [0, 0.05) is 19.0 Å². The van der Waals surface area contributed by atoms with Crippen LogP contribution in [0.2, 0.25) is 0 Å². The fraction of sp³-hybridized carbons (Fsp3) is 0.818. The Hall–Kier alpha value is -0.900. The maximum absolute atomic E-state index is 4.32. The van der Waals surface area contributed by atoms with Gasteiger partial charge in [0.1, 0.15) is 12.2 Å². The van der Waals surface area contributed by atoms with Crippen LogP contribution in [0.25, 0.3) is 0 Å².